The van der Waals surface area contributed by atoms with Crippen LogP contribution in [0.1, 0.15) is 11.3 Å². The molecule has 0 aliphatic rings. The predicted molar refractivity (Wildman–Crippen MR) is 76.6 cm³/mol. The lowest BCUT2D eigenvalue weighted by atomic mass is 10.1. The molecule has 0 aliphatic heterocycles. The topological polar surface area (TPSA) is 87.3 Å². The van der Waals surface area contributed by atoms with Crippen molar-refractivity contribution in [3.8, 4) is 6.01 Å². The first-order valence-electron chi connectivity index (χ1n) is 6.37. The molecule has 0 saturated heterocycles. The molecule has 0 atom stereocenters. The molecule has 1 aromatic heterocycles. The average molecular weight is 289 g/mol. The van der Waals surface area contributed by atoms with E-state index in [0.717, 1.165) is 5.56 Å². The largest absolute Gasteiger partial charge is 0.468 e. The standard InChI is InChI=1S/C14H15N3O4/c1-10-9-13(18)16(14(15-10)21-2)8-7-11-3-5-12(6-4-11)17(19)20/h3-6,9H,7-8H2,1-2H3. The van der Waals surface area contributed by atoms with Gasteiger partial charge in [-0.15, -0.1) is 0 Å². The van der Waals surface area contributed by atoms with E-state index in [4.69, 9.17) is 4.74 Å². The smallest absolute Gasteiger partial charge is 0.299 e. The van der Waals surface area contributed by atoms with Gasteiger partial charge in [0.1, 0.15) is 0 Å². The number of rotatable bonds is 5. The quantitative estimate of drug-likeness (QED) is 0.617. The van der Waals surface area contributed by atoms with Crippen LogP contribution in [0.3, 0.4) is 0 Å². The minimum Gasteiger partial charge on any atom is -0.468 e. The van der Waals surface area contributed by atoms with Crippen molar-refractivity contribution in [2.75, 3.05) is 7.11 Å². The van der Waals surface area contributed by atoms with Crippen LogP contribution < -0.4 is 10.3 Å². The zero-order chi connectivity index (χ0) is 15.4. The molecule has 0 fully saturated rings. The van der Waals surface area contributed by atoms with Crippen LogP contribution >= 0.6 is 0 Å². The molecule has 0 unspecified atom stereocenters. The zero-order valence-corrected chi connectivity index (χ0v) is 11.8. The number of ether oxygens (including phenoxy) is 1. The minimum atomic E-state index is -0.443. The van der Waals surface area contributed by atoms with E-state index >= 15 is 0 Å². The highest BCUT2D eigenvalue weighted by molar-refractivity contribution is 5.32. The Morgan fingerprint density at radius 1 is 1.33 bits per heavy atom. The van der Waals surface area contributed by atoms with Gasteiger partial charge in [-0.1, -0.05) is 12.1 Å². The minimum absolute atomic E-state index is 0.0468. The highest BCUT2D eigenvalue weighted by Gasteiger charge is 2.08. The van der Waals surface area contributed by atoms with Crippen molar-refractivity contribution in [3.05, 3.63) is 62.1 Å². The molecule has 2 aromatic rings. The first-order valence-corrected chi connectivity index (χ1v) is 6.37. The maximum absolute atomic E-state index is 11.9. The lowest BCUT2D eigenvalue weighted by molar-refractivity contribution is -0.384. The van der Waals surface area contributed by atoms with Gasteiger partial charge in [0.05, 0.1) is 12.0 Å². The molecule has 0 amide bonds. The number of hydrogen-bond acceptors (Lipinski definition) is 5. The number of nitrogens with zero attached hydrogens (tertiary/aromatic N) is 3. The molecule has 0 bridgehead atoms. The summed E-state index contributed by atoms with van der Waals surface area (Å²) in [7, 11) is 1.46. The summed E-state index contributed by atoms with van der Waals surface area (Å²) >= 11 is 0. The Labute approximate surface area is 121 Å². The first kappa shape index (κ1) is 14.7. The third-order valence-corrected chi connectivity index (χ3v) is 3.06. The summed E-state index contributed by atoms with van der Waals surface area (Å²) in [5.74, 6) is 0. The number of nitro benzene ring substituents is 1. The van der Waals surface area contributed by atoms with E-state index in [0.29, 0.717) is 18.7 Å². The molecule has 1 heterocycles. The highest BCUT2D eigenvalue weighted by Crippen LogP contribution is 2.13. The van der Waals surface area contributed by atoms with E-state index in [-0.39, 0.29) is 17.3 Å². The van der Waals surface area contributed by atoms with Gasteiger partial charge in [-0.3, -0.25) is 19.5 Å². The number of non-ortho nitro benzene ring substituents is 1. The lowest BCUT2D eigenvalue weighted by Crippen LogP contribution is -2.23. The molecule has 0 radical (unpaired) electrons. The summed E-state index contributed by atoms with van der Waals surface area (Å²) in [4.78, 5) is 26.2. The molecule has 1 aromatic carbocycles. The van der Waals surface area contributed by atoms with Gasteiger partial charge in [0.15, 0.2) is 0 Å². The Balaban J connectivity index is 2.16. The van der Waals surface area contributed by atoms with Crippen molar-refractivity contribution >= 4 is 5.69 Å². The molecular formula is C14H15N3O4. The van der Waals surface area contributed by atoms with E-state index in [1.54, 1.807) is 19.1 Å². The van der Waals surface area contributed by atoms with E-state index in [9.17, 15) is 14.9 Å². The number of benzene rings is 1. The first-order chi connectivity index (χ1) is 10.0. The van der Waals surface area contributed by atoms with Gasteiger partial charge in [0.25, 0.3) is 17.3 Å². The normalized spacial score (nSPS) is 10.4. The van der Waals surface area contributed by atoms with Gasteiger partial charge in [-0.25, -0.2) is 4.98 Å². The van der Waals surface area contributed by atoms with Crippen LogP contribution in [0.4, 0.5) is 5.69 Å². The van der Waals surface area contributed by atoms with Crippen molar-refractivity contribution in [2.24, 2.45) is 0 Å². The van der Waals surface area contributed by atoms with Crippen LogP contribution in [0.25, 0.3) is 0 Å². The van der Waals surface area contributed by atoms with Crippen LogP contribution in [-0.2, 0) is 13.0 Å². The van der Waals surface area contributed by atoms with Gasteiger partial charge in [0, 0.05) is 30.4 Å². The summed E-state index contributed by atoms with van der Waals surface area (Å²) in [6, 6.07) is 7.96. The molecule has 0 aliphatic carbocycles. The zero-order valence-electron chi connectivity index (χ0n) is 11.8. The van der Waals surface area contributed by atoms with Gasteiger partial charge in [0.2, 0.25) is 0 Å². The molecular weight excluding hydrogens is 274 g/mol. The molecule has 110 valence electrons. The van der Waals surface area contributed by atoms with E-state index in [1.165, 1.54) is 29.9 Å². The summed E-state index contributed by atoms with van der Waals surface area (Å²) in [5.41, 5.74) is 1.37. The van der Waals surface area contributed by atoms with E-state index < -0.39 is 4.92 Å². The Morgan fingerprint density at radius 3 is 2.57 bits per heavy atom. The van der Waals surface area contributed by atoms with Gasteiger partial charge in [-0.05, 0) is 18.9 Å². The average Bonchev–Trinajstić information content (AvgIpc) is 2.46. The van der Waals surface area contributed by atoms with Gasteiger partial charge >= 0.3 is 0 Å². The maximum Gasteiger partial charge on any atom is 0.299 e. The molecule has 2 rings (SSSR count). The third kappa shape index (κ3) is 3.44. The SMILES string of the molecule is COc1nc(C)cc(=O)n1CCc1ccc([N+](=O)[O-])cc1. The molecule has 0 N–H and O–H groups in total. The fourth-order valence-corrected chi connectivity index (χ4v) is 1.98. The summed E-state index contributed by atoms with van der Waals surface area (Å²) < 4.78 is 6.55. The molecule has 7 heteroatoms. The fraction of sp³-hybridized carbons (Fsp3) is 0.286. The number of aryl methyl sites for hydroxylation is 2. The Bertz CT molecular complexity index is 707. The van der Waals surface area contributed by atoms with Crippen molar-refractivity contribution in [1.82, 2.24) is 9.55 Å². The summed E-state index contributed by atoms with van der Waals surface area (Å²) in [5, 5.41) is 10.6. The van der Waals surface area contributed by atoms with Gasteiger partial charge < -0.3 is 4.74 Å². The van der Waals surface area contributed by atoms with E-state index in [2.05, 4.69) is 4.98 Å². The van der Waals surface area contributed by atoms with Crippen molar-refractivity contribution in [2.45, 2.75) is 19.9 Å². The van der Waals surface area contributed by atoms with Crippen LogP contribution in [0.15, 0.2) is 35.1 Å². The van der Waals surface area contributed by atoms with Crippen molar-refractivity contribution in [3.63, 3.8) is 0 Å². The van der Waals surface area contributed by atoms with E-state index in [1.807, 2.05) is 0 Å². The lowest BCUT2D eigenvalue weighted by Gasteiger charge is -2.10. The predicted octanol–water partition coefficient (Wildman–Crippen LogP) is 1.71. The second-order valence-electron chi connectivity index (χ2n) is 4.55. The Kier molecular flexibility index (Phi) is 4.32. The highest BCUT2D eigenvalue weighted by atomic mass is 16.6. The van der Waals surface area contributed by atoms with Crippen LogP contribution in [-0.4, -0.2) is 21.6 Å². The van der Waals surface area contributed by atoms with Crippen molar-refractivity contribution < 1.29 is 9.66 Å². The third-order valence-electron chi connectivity index (χ3n) is 3.06. The Hall–Kier alpha value is -2.70. The maximum atomic E-state index is 11.9. The number of hydrogen-bond donors (Lipinski definition) is 0. The van der Waals surface area contributed by atoms with Gasteiger partial charge in [-0.2, -0.15) is 0 Å². The second-order valence-corrected chi connectivity index (χ2v) is 4.55. The molecule has 0 saturated carbocycles. The van der Waals surface area contributed by atoms with Crippen LogP contribution in [0, 0.1) is 17.0 Å². The van der Waals surface area contributed by atoms with Crippen LogP contribution in [0.5, 0.6) is 6.01 Å². The molecule has 7 nitrogen and oxygen atoms in total. The summed E-state index contributed by atoms with van der Waals surface area (Å²) in [6.45, 7) is 2.12. The number of nitro groups is 1. The van der Waals surface area contributed by atoms with Crippen LogP contribution in [0.2, 0.25) is 0 Å². The number of aromatic nitrogens is 2. The Morgan fingerprint density at radius 2 is 2.00 bits per heavy atom. The monoisotopic (exact) mass is 289 g/mol. The number of methoxy groups -OCH3 is 1. The molecule has 21 heavy (non-hydrogen) atoms. The van der Waals surface area contributed by atoms with Crippen molar-refractivity contribution in [1.29, 1.82) is 0 Å². The summed E-state index contributed by atoms with van der Waals surface area (Å²) in [6.07, 6.45) is 0.555. The second kappa shape index (κ2) is 6.17. The molecule has 0 spiro atoms. The fourth-order valence-electron chi connectivity index (χ4n) is 1.98.